The van der Waals surface area contributed by atoms with E-state index < -0.39 is 116 Å². The predicted molar refractivity (Wildman–Crippen MR) is 254 cm³/mol. The van der Waals surface area contributed by atoms with Crippen LogP contribution < -0.4 is 54.6 Å². The van der Waals surface area contributed by atoms with Crippen LogP contribution in [0.15, 0.2) is 79.8 Å². The molecule has 8 rings (SSSR count). The second-order valence-corrected chi connectivity index (χ2v) is 16.8. The van der Waals surface area contributed by atoms with Crippen LogP contribution in [0.1, 0.15) is 89.8 Å². The van der Waals surface area contributed by atoms with E-state index in [0.717, 1.165) is 53.4 Å². The molecular weight excluding hydrogens is 981 g/mol. The number of carbonyl (C=O) groups is 6. The van der Waals surface area contributed by atoms with Crippen molar-refractivity contribution in [2.45, 2.75) is 50.0 Å². The molecule has 29 heteroatoms. The van der Waals surface area contributed by atoms with Gasteiger partial charge >= 0.3 is 0 Å². The number of nitrogens with two attached hydrogens (primary N) is 1. The van der Waals surface area contributed by atoms with E-state index >= 15 is 0 Å². The van der Waals surface area contributed by atoms with Crippen molar-refractivity contribution in [1.82, 2.24) is 55.3 Å². The van der Waals surface area contributed by atoms with Gasteiger partial charge in [0.05, 0.1) is 44.1 Å². The molecule has 11 N–H and O–H groups in total. The van der Waals surface area contributed by atoms with Crippen LogP contribution in [0.3, 0.4) is 0 Å². The molecule has 4 aromatic rings. The fraction of sp³-hybridized carbons (Fsp3) is 0.422. The summed E-state index contributed by atoms with van der Waals surface area (Å²) in [6, 6.07) is 7.21. The van der Waals surface area contributed by atoms with Gasteiger partial charge in [0.1, 0.15) is 40.6 Å². The van der Waals surface area contributed by atoms with E-state index in [1.807, 2.05) is 0 Å². The third-order valence-electron chi connectivity index (χ3n) is 11.9. The van der Waals surface area contributed by atoms with Crippen molar-refractivity contribution in [3.05, 3.63) is 141 Å². The molecule has 398 valence electrons. The maximum Gasteiger partial charge on any atom is 0.296 e. The lowest BCUT2D eigenvalue weighted by Crippen LogP contribution is -2.52. The van der Waals surface area contributed by atoms with Crippen molar-refractivity contribution in [3.63, 3.8) is 0 Å². The number of nitrogens with zero attached hydrogens (tertiary/aromatic N) is 6. The maximum atomic E-state index is 14.1. The van der Waals surface area contributed by atoms with Crippen LogP contribution >= 0.6 is 0 Å². The lowest BCUT2D eigenvalue weighted by atomic mass is 10.1. The summed E-state index contributed by atoms with van der Waals surface area (Å²) in [5.41, 5.74) is -2.44. The molecule has 4 atom stereocenters. The highest BCUT2D eigenvalue weighted by atomic mass is 16.5. The summed E-state index contributed by atoms with van der Waals surface area (Å²) in [5.74, 6) is -5.74. The lowest BCUT2D eigenvalue weighted by Gasteiger charge is -2.28. The van der Waals surface area contributed by atoms with Crippen molar-refractivity contribution < 1.29 is 59.0 Å². The summed E-state index contributed by atoms with van der Waals surface area (Å²) in [6.45, 7) is -0.996. The van der Waals surface area contributed by atoms with Gasteiger partial charge in [0, 0.05) is 57.9 Å². The summed E-state index contributed by atoms with van der Waals surface area (Å²) in [6.07, 6.45) is -2.07. The molecule has 0 spiro atoms. The summed E-state index contributed by atoms with van der Waals surface area (Å²) >= 11 is 0. The van der Waals surface area contributed by atoms with Crippen molar-refractivity contribution in [1.29, 1.82) is 0 Å². The van der Waals surface area contributed by atoms with E-state index in [4.69, 9.17) is 15.2 Å². The van der Waals surface area contributed by atoms with Crippen LogP contribution in [0.2, 0.25) is 0 Å². The number of aromatic nitrogens is 4. The first-order valence-electron chi connectivity index (χ1n) is 23.2. The van der Waals surface area contributed by atoms with Gasteiger partial charge in [-0.2, -0.15) is 0 Å². The molecule has 1 saturated heterocycles. The second kappa shape index (κ2) is 25.3. The van der Waals surface area contributed by atoms with Gasteiger partial charge in [-0.05, 0) is 62.1 Å². The highest BCUT2D eigenvalue weighted by molar-refractivity contribution is 5.97. The Morgan fingerprint density at radius 2 is 1.32 bits per heavy atom. The standard InChI is InChI=1S/C45H55N12O17/c46-15-22-73-23-17-48-39(62)28-14-21-53(45(68)34-7-4-9-36(59)55(34)70)19-2-1-18-52(44(67)33-6-3-8-35(58)54(33)69)20-5-16-47-40(63)31-12-10-26(42(65)56(31)71)37(60)50-29-24-74-25-30(29)51-38(61)27-11-13-32(41(64)49-28)57(72)43(27)66/h3-4,6-13,28-30,38,51,61,70-72H,1-2,5,14-25,46H2,(H,47,63)(H,48,62)(H,49,64)(H,50,60)/q-1/t28?,29-,30+,38?/m1/s1. The molecule has 4 aliphatic rings. The van der Waals surface area contributed by atoms with Crippen molar-refractivity contribution in [2.24, 2.45) is 5.73 Å². The molecule has 0 aromatic carbocycles. The minimum atomic E-state index is -1.86. The summed E-state index contributed by atoms with van der Waals surface area (Å²) in [4.78, 5) is 136. The quantitative estimate of drug-likeness (QED) is 0.0593. The molecule has 0 saturated carbocycles. The van der Waals surface area contributed by atoms with Gasteiger partial charge in [-0.25, -0.2) is 0 Å². The zero-order valence-electron chi connectivity index (χ0n) is 39.5. The van der Waals surface area contributed by atoms with Crippen molar-refractivity contribution >= 4 is 35.4 Å². The van der Waals surface area contributed by atoms with E-state index in [2.05, 4.69) is 26.6 Å². The third-order valence-corrected chi connectivity index (χ3v) is 11.9. The number of aliphatic hydroxyl groups is 1. The van der Waals surface area contributed by atoms with Gasteiger partial charge in [-0.3, -0.25) is 53.3 Å². The van der Waals surface area contributed by atoms with Crippen molar-refractivity contribution in [2.75, 3.05) is 72.2 Å². The predicted octanol–water partition coefficient (Wildman–Crippen LogP) is -4.05. The fourth-order valence-electron chi connectivity index (χ4n) is 7.93. The topological polar surface area (TPSA) is 406 Å². The number of hydrogen-bond acceptors (Lipinski definition) is 19. The van der Waals surface area contributed by atoms with Gasteiger partial charge in [0.2, 0.25) is 11.5 Å². The lowest BCUT2D eigenvalue weighted by molar-refractivity contribution is -0.123. The highest BCUT2D eigenvalue weighted by Gasteiger charge is 2.34. The summed E-state index contributed by atoms with van der Waals surface area (Å²) in [5, 5.41) is 68.8. The van der Waals surface area contributed by atoms with Gasteiger partial charge in [0.25, 0.3) is 46.2 Å². The zero-order chi connectivity index (χ0) is 53.6. The molecule has 4 aliphatic heterocycles. The Labute approximate surface area is 418 Å². The molecule has 29 nitrogen and oxygen atoms in total. The molecule has 6 amide bonds. The fourth-order valence-corrected chi connectivity index (χ4v) is 7.93. The van der Waals surface area contributed by atoms with Crippen LogP contribution in [0.4, 0.5) is 0 Å². The number of carbonyl (C=O) groups excluding carboxylic acids is 6. The summed E-state index contributed by atoms with van der Waals surface area (Å²) in [7, 11) is 0. The Kier molecular flexibility index (Phi) is 18.8. The molecule has 4 aromatic heterocycles. The van der Waals surface area contributed by atoms with E-state index in [9.17, 15) is 73.9 Å². The third kappa shape index (κ3) is 13.2. The molecule has 1 fully saturated rings. The second-order valence-electron chi connectivity index (χ2n) is 16.8. The largest absolute Gasteiger partial charge is 0.803 e. The van der Waals surface area contributed by atoms with Crippen LogP contribution in [-0.2, 0) is 14.3 Å². The van der Waals surface area contributed by atoms with Crippen molar-refractivity contribution in [3.8, 4) is 0 Å². The molecule has 8 heterocycles. The van der Waals surface area contributed by atoms with Gasteiger partial charge < -0.3 is 76.9 Å². The van der Waals surface area contributed by atoms with E-state index in [1.165, 1.54) is 17.0 Å². The number of ether oxygens (including phenoxy) is 2. The molecule has 4 bridgehead atoms. The Bertz CT molecular complexity index is 2970. The highest BCUT2D eigenvalue weighted by Crippen LogP contribution is 2.15. The minimum absolute atomic E-state index is 0.00808. The average molecular weight is 1040 g/mol. The summed E-state index contributed by atoms with van der Waals surface area (Å²) < 4.78 is 10.7. The van der Waals surface area contributed by atoms with Gasteiger partial charge in [-0.1, -0.05) is 12.1 Å². The average Bonchev–Trinajstić information content (AvgIpc) is 3.81. The first-order chi connectivity index (χ1) is 35.4. The normalized spacial score (nSPS) is 19.7. The number of hydrogen-bond donors (Lipinski definition) is 10. The molecular formula is C45H55N12O17-. The zero-order valence-corrected chi connectivity index (χ0v) is 39.5. The number of fused-ring (bicyclic) bond motifs is 2. The molecule has 2 unspecified atom stereocenters. The number of rotatable bonds is 8. The Balaban J connectivity index is 1.33. The number of nitrogens with one attached hydrogen (secondary N) is 5. The van der Waals surface area contributed by atoms with Gasteiger partial charge in [0.15, 0.2) is 0 Å². The first-order valence-corrected chi connectivity index (χ1v) is 23.2. The first kappa shape index (κ1) is 54.9. The van der Waals surface area contributed by atoms with E-state index in [-0.39, 0.29) is 117 Å². The van der Waals surface area contributed by atoms with Crippen LogP contribution in [-0.4, -0.2) is 175 Å². The van der Waals surface area contributed by atoms with E-state index in [1.54, 1.807) is 0 Å². The Morgan fingerprint density at radius 1 is 0.703 bits per heavy atom. The molecule has 74 heavy (non-hydrogen) atoms. The van der Waals surface area contributed by atoms with Gasteiger partial charge in [-0.15, -0.1) is 14.2 Å². The monoisotopic (exact) mass is 1040 g/mol. The maximum absolute atomic E-state index is 14.1. The SMILES string of the molecule is NCCOCCNC(=O)C1CCN(C(=O)c2cccc(=O)n2O)CCCCN(C(=O)c2cccc(=O)n2[O-])CCCNC(=O)c2ccc(c(=O)n2O)C(=O)N[C@@H]2COC[C@@H]2NC(O)c2ccc(n(O)c2=O)C(=O)N1. The number of aliphatic hydroxyl groups excluding tert-OH is 1. The van der Waals surface area contributed by atoms with Crippen LogP contribution in [0.5, 0.6) is 0 Å². The Morgan fingerprint density at radius 3 is 2.05 bits per heavy atom. The number of amides is 6. The minimum Gasteiger partial charge on any atom is -0.803 e. The smallest absolute Gasteiger partial charge is 0.296 e. The molecule has 0 aliphatic carbocycles. The van der Waals surface area contributed by atoms with E-state index in [0.29, 0.717) is 0 Å². The van der Waals surface area contributed by atoms with Crippen LogP contribution in [0.25, 0.3) is 0 Å². The Hall–Kier alpha value is -8.38. The van der Waals surface area contributed by atoms with Crippen LogP contribution in [0, 0.1) is 5.21 Å². The molecule has 0 radical (unpaired) electrons. The number of pyridine rings is 4.